The van der Waals surface area contributed by atoms with Gasteiger partial charge in [-0.2, -0.15) is 0 Å². The topological polar surface area (TPSA) is 81.5 Å². The Hall–Kier alpha value is -2.37. The predicted octanol–water partition coefficient (Wildman–Crippen LogP) is 1.51. The molecule has 2 rings (SSSR count). The number of methoxy groups -OCH3 is 1. The van der Waals surface area contributed by atoms with E-state index in [4.69, 9.17) is 4.74 Å². The van der Waals surface area contributed by atoms with Gasteiger partial charge in [0.2, 0.25) is 0 Å². The van der Waals surface area contributed by atoms with Crippen molar-refractivity contribution in [3.05, 3.63) is 40.0 Å². The summed E-state index contributed by atoms with van der Waals surface area (Å²) in [6, 6.07) is 4.46. The highest BCUT2D eigenvalue weighted by Gasteiger charge is 2.23. The molecule has 0 aliphatic carbocycles. The lowest BCUT2D eigenvalue weighted by Crippen LogP contribution is -2.28. The minimum absolute atomic E-state index is 0.127. The molecular weight excluding hydrogens is 236 g/mol. The van der Waals surface area contributed by atoms with E-state index in [1.165, 1.54) is 19.2 Å². The van der Waals surface area contributed by atoms with E-state index >= 15 is 0 Å². The maximum absolute atomic E-state index is 11.7. The van der Waals surface area contributed by atoms with Crippen molar-refractivity contribution in [3.8, 4) is 5.75 Å². The highest BCUT2D eigenvalue weighted by atomic mass is 16.6. The summed E-state index contributed by atoms with van der Waals surface area (Å²) in [5.74, 6) is 0.108. The smallest absolute Gasteiger partial charge is 0.281 e. The van der Waals surface area contributed by atoms with Crippen LogP contribution in [0, 0.1) is 10.1 Å². The van der Waals surface area contributed by atoms with Crippen LogP contribution in [0.4, 0.5) is 5.69 Å². The molecule has 6 nitrogen and oxygen atoms in total. The van der Waals surface area contributed by atoms with Crippen LogP contribution in [0.15, 0.2) is 24.3 Å². The van der Waals surface area contributed by atoms with E-state index in [-0.39, 0.29) is 11.6 Å². The summed E-state index contributed by atoms with van der Waals surface area (Å²) in [7, 11) is 1.44. The van der Waals surface area contributed by atoms with Gasteiger partial charge in [-0.05, 0) is 18.6 Å². The van der Waals surface area contributed by atoms with Gasteiger partial charge in [-0.25, -0.2) is 0 Å². The molecule has 0 saturated heterocycles. The third-order valence-electron chi connectivity index (χ3n) is 2.71. The number of hydrogen-bond acceptors (Lipinski definition) is 4. The van der Waals surface area contributed by atoms with Gasteiger partial charge in [0, 0.05) is 12.1 Å². The van der Waals surface area contributed by atoms with Crippen molar-refractivity contribution in [1.29, 1.82) is 0 Å². The number of carbonyl (C=O) groups is 1. The summed E-state index contributed by atoms with van der Waals surface area (Å²) in [6.07, 6.45) is 2.39. The Kier molecular flexibility index (Phi) is 3.27. The van der Waals surface area contributed by atoms with Crippen molar-refractivity contribution < 1.29 is 14.5 Å². The number of nitrogens with zero attached hydrogens (tertiary/aromatic N) is 1. The molecule has 1 heterocycles. The van der Waals surface area contributed by atoms with Gasteiger partial charge in [0.05, 0.1) is 23.7 Å². The van der Waals surface area contributed by atoms with Gasteiger partial charge in [-0.15, -0.1) is 0 Å². The van der Waals surface area contributed by atoms with E-state index in [2.05, 4.69) is 5.32 Å². The van der Waals surface area contributed by atoms with Gasteiger partial charge in [0.25, 0.3) is 11.6 Å². The first-order chi connectivity index (χ1) is 8.63. The third-order valence-corrected chi connectivity index (χ3v) is 2.71. The monoisotopic (exact) mass is 248 g/mol. The molecule has 1 aliphatic heterocycles. The molecule has 1 aromatic rings. The molecule has 0 unspecified atom stereocenters. The van der Waals surface area contributed by atoms with Crippen LogP contribution in [0.25, 0.3) is 5.57 Å². The first-order valence-electron chi connectivity index (χ1n) is 5.44. The van der Waals surface area contributed by atoms with E-state index in [1.807, 2.05) is 0 Å². The van der Waals surface area contributed by atoms with Crippen molar-refractivity contribution in [2.45, 2.75) is 6.42 Å². The molecule has 94 valence electrons. The average Bonchev–Trinajstić information content (AvgIpc) is 2.38. The minimum Gasteiger partial charge on any atom is -0.497 e. The molecule has 0 atom stereocenters. The van der Waals surface area contributed by atoms with E-state index in [1.54, 1.807) is 12.1 Å². The lowest BCUT2D eigenvalue weighted by molar-refractivity contribution is -0.385. The fraction of sp³-hybridized carbons (Fsp3) is 0.250. The molecule has 1 N–H and O–H groups in total. The molecule has 1 amide bonds. The van der Waals surface area contributed by atoms with E-state index < -0.39 is 4.92 Å². The number of rotatable bonds is 3. The van der Waals surface area contributed by atoms with Crippen LogP contribution in [-0.2, 0) is 4.79 Å². The van der Waals surface area contributed by atoms with Gasteiger partial charge in [0.1, 0.15) is 5.75 Å². The standard InChI is InChI=1S/C12H12N2O4/c1-18-8-4-5-9(11(7-8)14(16)17)10-3-2-6-13-12(10)15/h3-5,7H,2,6H2,1H3,(H,13,15). The second kappa shape index (κ2) is 4.87. The molecule has 6 heteroatoms. The number of nitrogens with one attached hydrogen (secondary N) is 1. The van der Waals surface area contributed by atoms with Crippen LogP contribution in [0.2, 0.25) is 0 Å². The Morgan fingerprint density at radius 2 is 2.22 bits per heavy atom. The van der Waals surface area contributed by atoms with Crippen molar-refractivity contribution in [1.82, 2.24) is 5.32 Å². The first-order valence-corrected chi connectivity index (χ1v) is 5.44. The molecule has 0 aromatic heterocycles. The predicted molar refractivity (Wildman–Crippen MR) is 65.3 cm³/mol. The summed E-state index contributed by atoms with van der Waals surface area (Å²) < 4.78 is 4.95. The number of amides is 1. The van der Waals surface area contributed by atoms with Crippen LogP contribution < -0.4 is 10.1 Å². The zero-order valence-electron chi connectivity index (χ0n) is 9.80. The summed E-state index contributed by atoms with van der Waals surface area (Å²) in [6.45, 7) is 0.562. The number of nitro groups is 1. The van der Waals surface area contributed by atoms with Gasteiger partial charge in [0.15, 0.2) is 0 Å². The van der Waals surface area contributed by atoms with Crippen molar-refractivity contribution >= 4 is 17.2 Å². The highest BCUT2D eigenvalue weighted by Crippen LogP contribution is 2.31. The number of carbonyl (C=O) groups excluding carboxylic acids is 1. The molecule has 0 saturated carbocycles. The molecular formula is C12H12N2O4. The quantitative estimate of drug-likeness (QED) is 0.649. The average molecular weight is 248 g/mol. The van der Waals surface area contributed by atoms with Crippen molar-refractivity contribution in [3.63, 3.8) is 0 Å². The van der Waals surface area contributed by atoms with Crippen LogP contribution >= 0.6 is 0 Å². The Morgan fingerprint density at radius 1 is 1.44 bits per heavy atom. The Morgan fingerprint density at radius 3 is 2.83 bits per heavy atom. The number of nitro benzene ring substituents is 1. The lowest BCUT2D eigenvalue weighted by atomic mass is 9.99. The number of hydrogen-bond donors (Lipinski definition) is 1. The number of ether oxygens (including phenoxy) is 1. The molecule has 0 fully saturated rings. The molecule has 0 spiro atoms. The Balaban J connectivity index is 2.53. The van der Waals surface area contributed by atoms with Gasteiger partial charge in [-0.1, -0.05) is 6.08 Å². The van der Waals surface area contributed by atoms with E-state index in [0.717, 1.165) is 0 Å². The van der Waals surface area contributed by atoms with E-state index in [0.29, 0.717) is 29.9 Å². The van der Waals surface area contributed by atoms with Gasteiger partial charge >= 0.3 is 0 Å². The van der Waals surface area contributed by atoms with E-state index in [9.17, 15) is 14.9 Å². The Bertz CT molecular complexity index is 537. The summed E-state index contributed by atoms with van der Waals surface area (Å²) in [5.41, 5.74) is 0.534. The minimum atomic E-state index is -0.513. The van der Waals surface area contributed by atoms with Crippen LogP contribution in [-0.4, -0.2) is 24.5 Å². The summed E-state index contributed by atoms with van der Waals surface area (Å²) in [5, 5.41) is 13.7. The highest BCUT2D eigenvalue weighted by molar-refractivity contribution is 6.21. The molecule has 1 aliphatic rings. The van der Waals surface area contributed by atoms with Crippen molar-refractivity contribution in [2.24, 2.45) is 0 Å². The maximum Gasteiger partial charge on any atom is 0.281 e. The second-order valence-electron chi connectivity index (χ2n) is 3.80. The largest absolute Gasteiger partial charge is 0.497 e. The molecule has 18 heavy (non-hydrogen) atoms. The van der Waals surface area contributed by atoms with Crippen LogP contribution in [0.3, 0.4) is 0 Å². The summed E-state index contributed by atoms with van der Waals surface area (Å²) in [4.78, 5) is 22.2. The number of benzene rings is 1. The fourth-order valence-electron chi connectivity index (χ4n) is 1.84. The zero-order valence-corrected chi connectivity index (χ0v) is 9.80. The molecule has 1 aromatic carbocycles. The van der Waals surface area contributed by atoms with Crippen LogP contribution in [0.1, 0.15) is 12.0 Å². The fourth-order valence-corrected chi connectivity index (χ4v) is 1.84. The lowest BCUT2D eigenvalue weighted by Gasteiger charge is -2.14. The molecule has 0 bridgehead atoms. The maximum atomic E-state index is 11.7. The first kappa shape index (κ1) is 12.1. The van der Waals surface area contributed by atoms with Crippen molar-refractivity contribution in [2.75, 3.05) is 13.7 Å². The normalized spacial score (nSPS) is 14.7. The zero-order chi connectivity index (χ0) is 13.1. The third kappa shape index (κ3) is 2.17. The SMILES string of the molecule is COc1ccc(C2=CCCNC2=O)c([N+](=O)[O-])c1. The Labute approximate surface area is 103 Å². The van der Waals surface area contributed by atoms with Crippen LogP contribution in [0.5, 0.6) is 5.75 Å². The van der Waals surface area contributed by atoms with Gasteiger partial charge in [-0.3, -0.25) is 14.9 Å². The summed E-state index contributed by atoms with van der Waals surface area (Å²) >= 11 is 0. The molecule has 0 radical (unpaired) electrons. The van der Waals surface area contributed by atoms with Gasteiger partial charge < -0.3 is 10.1 Å². The second-order valence-corrected chi connectivity index (χ2v) is 3.80.